The Morgan fingerprint density at radius 2 is 2.00 bits per heavy atom. The van der Waals surface area contributed by atoms with Gasteiger partial charge in [0, 0.05) is 38.5 Å². The third-order valence-corrected chi connectivity index (χ3v) is 4.71. The lowest BCUT2D eigenvalue weighted by atomic mass is 9.89. The van der Waals surface area contributed by atoms with E-state index in [0.29, 0.717) is 0 Å². The molecule has 0 saturated heterocycles. The van der Waals surface area contributed by atoms with Crippen LogP contribution in [0.4, 0.5) is 0 Å². The summed E-state index contributed by atoms with van der Waals surface area (Å²) in [5.74, 6) is 0.810. The monoisotopic (exact) mass is 326 g/mol. The molecular formula is C16H30N4OS. The van der Waals surface area contributed by atoms with Gasteiger partial charge in [0.2, 0.25) is 0 Å². The van der Waals surface area contributed by atoms with E-state index in [4.69, 9.17) is 4.74 Å². The zero-order valence-electron chi connectivity index (χ0n) is 14.9. The molecular weight excluding hydrogens is 296 g/mol. The van der Waals surface area contributed by atoms with Crippen molar-refractivity contribution in [3.05, 3.63) is 15.6 Å². The molecule has 126 valence electrons. The molecule has 0 fully saturated rings. The zero-order valence-corrected chi connectivity index (χ0v) is 15.7. The highest BCUT2D eigenvalue weighted by Gasteiger charge is 2.24. The molecule has 0 aromatic carbocycles. The first-order valence-electron chi connectivity index (χ1n) is 7.68. The Labute approximate surface area is 138 Å². The summed E-state index contributed by atoms with van der Waals surface area (Å²) in [7, 11) is 3.54. The van der Waals surface area contributed by atoms with Crippen LogP contribution in [0.5, 0.6) is 0 Å². The molecule has 1 aromatic rings. The first-order valence-corrected chi connectivity index (χ1v) is 8.49. The first-order chi connectivity index (χ1) is 10.3. The van der Waals surface area contributed by atoms with Crippen molar-refractivity contribution in [1.29, 1.82) is 0 Å². The number of aliphatic imine (C=N–C) groups is 1. The maximum atomic E-state index is 5.55. The van der Waals surface area contributed by atoms with Gasteiger partial charge in [0.15, 0.2) is 5.96 Å². The zero-order chi connectivity index (χ0) is 16.8. The maximum absolute atomic E-state index is 5.55. The van der Waals surface area contributed by atoms with Gasteiger partial charge in [-0.05, 0) is 19.3 Å². The van der Waals surface area contributed by atoms with Gasteiger partial charge < -0.3 is 15.4 Å². The smallest absolute Gasteiger partial charge is 0.191 e. The number of hydrogen-bond acceptors (Lipinski definition) is 4. The number of aryl methyl sites for hydroxylation is 2. The van der Waals surface area contributed by atoms with Gasteiger partial charge >= 0.3 is 0 Å². The summed E-state index contributed by atoms with van der Waals surface area (Å²) in [5.41, 5.74) is 1.23. The van der Waals surface area contributed by atoms with Crippen LogP contribution in [0.1, 0.15) is 36.3 Å². The lowest BCUT2D eigenvalue weighted by molar-refractivity contribution is 0.0205. The molecule has 5 nitrogen and oxygen atoms in total. The summed E-state index contributed by atoms with van der Waals surface area (Å²) in [4.78, 5) is 10.1. The average Bonchev–Trinajstić information content (AvgIpc) is 2.74. The summed E-state index contributed by atoms with van der Waals surface area (Å²) < 4.78 is 5.55. The molecule has 0 aliphatic rings. The second-order valence-electron chi connectivity index (χ2n) is 6.46. The molecule has 1 aromatic heterocycles. The van der Waals surface area contributed by atoms with Gasteiger partial charge in [0.1, 0.15) is 0 Å². The Kier molecular flexibility index (Phi) is 7.29. The van der Waals surface area contributed by atoms with Crippen molar-refractivity contribution in [2.24, 2.45) is 10.4 Å². The van der Waals surface area contributed by atoms with Crippen LogP contribution < -0.4 is 10.6 Å². The quantitative estimate of drug-likeness (QED) is 0.623. The third-order valence-electron chi connectivity index (χ3n) is 3.57. The van der Waals surface area contributed by atoms with E-state index in [1.165, 1.54) is 4.88 Å². The van der Waals surface area contributed by atoms with E-state index in [2.05, 4.69) is 48.3 Å². The molecule has 22 heavy (non-hydrogen) atoms. The molecule has 1 heterocycles. The van der Waals surface area contributed by atoms with E-state index in [1.807, 2.05) is 6.92 Å². The number of guanidine groups is 1. The number of hydrogen-bond donors (Lipinski definition) is 2. The number of rotatable bonds is 6. The van der Waals surface area contributed by atoms with Crippen LogP contribution in [0.3, 0.4) is 0 Å². The highest BCUT2D eigenvalue weighted by Crippen LogP contribution is 2.21. The fourth-order valence-electron chi connectivity index (χ4n) is 2.25. The van der Waals surface area contributed by atoms with Crippen molar-refractivity contribution in [2.45, 2.75) is 47.1 Å². The molecule has 0 radical (unpaired) electrons. The fraction of sp³-hybridized carbons (Fsp3) is 0.750. The summed E-state index contributed by atoms with van der Waals surface area (Å²) in [6.45, 7) is 12.2. The number of methoxy groups -OCH3 is 1. The van der Waals surface area contributed by atoms with Gasteiger partial charge in [0.05, 0.1) is 16.8 Å². The van der Waals surface area contributed by atoms with Crippen molar-refractivity contribution in [1.82, 2.24) is 15.6 Å². The SMILES string of the molecule is CN=C(NCCc1sc(C)nc1C)NCC(OC)C(C)(C)C. The molecule has 0 saturated carbocycles. The average molecular weight is 327 g/mol. The molecule has 0 amide bonds. The minimum atomic E-state index is 0.0951. The Balaban J connectivity index is 2.41. The van der Waals surface area contributed by atoms with Gasteiger partial charge in [-0.15, -0.1) is 11.3 Å². The highest BCUT2D eigenvalue weighted by atomic mass is 32.1. The number of aromatic nitrogens is 1. The lowest BCUT2D eigenvalue weighted by Gasteiger charge is -2.30. The Hall–Kier alpha value is -1.14. The van der Waals surface area contributed by atoms with E-state index < -0.39 is 0 Å². The summed E-state index contributed by atoms with van der Waals surface area (Å²) >= 11 is 1.77. The second kappa shape index (κ2) is 8.48. The standard InChI is InChI=1S/C16H30N4OS/c1-11-13(22-12(2)20-11)8-9-18-15(17-6)19-10-14(21-7)16(3,4)5/h14H,8-10H2,1-7H3,(H2,17,18,19). The molecule has 0 spiro atoms. The Morgan fingerprint density at radius 1 is 1.32 bits per heavy atom. The summed E-state index contributed by atoms with van der Waals surface area (Å²) in [5, 5.41) is 7.81. The van der Waals surface area contributed by atoms with Crippen molar-refractivity contribution in [3.63, 3.8) is 0 Å². The van der Waals surface area contributed by atoms with Crippen LogP contribution in [0.25, 0.3) is 0 Å². The van der Waals surface area contributed by atoms with Gasteiger partial charge in [-0.1, -0.05) is 20.8 Å². The number of nitrogens with one attached hydrogen (secondary N) is 2. The molecule has 6 heteroatoms. The fourth-order valence-corrected chi connectivity index (χ4v) is 3.19. The second-order valence-corrected chi connectivity index (χ2v) is 7.75. The van der Waals surface area contributed by atoms with Gasteiger partial charge in [-0.25, -0.2) is 4.98 Å². The Bertz CT molecular complexity index is 491. The van der Waals surface area contributed by atoms with E-state index >= 15 is 0 Å². The molecule has 1 atom stereocenters. The van der Waals surface area contributed by atoms with E-state index in [-0.39, 0.29) is 11.5 Å². The molecule has 2 N–H and O–H groups in total. The summed E-state index contributed by atoms with van der Waals surface area (Å²) in [6.07, 6.45) is 1.10. The van der Waals surface area contributed by atoms with Crippen LogP contribution in [0, 0.1) is 19.3 Å². The Morgan fingerprint density at radius 3 is 2.45 bits per heavy atom. The van der Waals surface area contributed by atoms with E-state index in [0.717, 1.165) is 36.2 Å². The first kappa shape index (κ1) is 18.9. The van der Waals surface area contributed by atoms with Crippen LogP contribution in [-0.4, -0.2) is 44.3 Å². The minimum absolute atomic E-state index is 0.0951. The van der Waals surface area contributed by atoms with Crippen LogP contribution >= 0.6 is 11.3 Å². The number of thiazole rings is 1. The largest absolute Gasteiger partial charge is 0.379 e. The molecule has 1 rings (SSSR count). The number of ether oxygens (including phenoxy) is 1. The van der Waals surface area contributed by atoms with Crippen molar-refractivity contribution >= 4 is 17.3 Å². The van der Waals surface area contributed by atoms with E-state index in [1.54, 1.807) is 25.5 Å². The topological polar surface area (TPSA) is 58.5 Å². The molecule has 0 aliphatic heterocycles. The van der Waals surface area contributed by atoms with E-state index in [9.17, 15) is 0 Å². The molecule has 1 unspecified atom stereocenters. The summed E-state index contributed by atoms with van der Waals surface area (Å²) in [6, 6.07) is 0. The maximum Gasteiger partial charge on any atom is 0.191 e. The van der Waals surface area contributed by atoms with Crippen molar-refractivity contribution in [3.8, 4) is 0 Å². The third kappa shape index (κ3) is 5.93. The van der Waals surface area contributed by atoms with Crippen LogP contribution in [0.2, 0.25) is 0 Å². The van der Waals surface area contributed by atoms with Crippen LogP contribution in [0.15, 0.2) is 4.99 Å². The molecule has 0 aliphatic carbocycles. The van der Waals surface area contributed by atoms with Gasteiger partial charge in [-0.3, -0.25) is 4.99 Å². The lowest BCUT2D eigenvalue weighted by Crippen LogP contribution is -2.45. The molecule has 0 bridgehead atoms. The number of nitrogens with zero attached hydrogens (tertiary/aromatic N) is 2. The van der Waals surface area contributed by atoms with Gasteiger partial charge in [-0.2, -0.15) is 0 Å². The predicted molar refractivity (Wildman–Crippen MR) is 94.9 cm³/mol. The minimum Gasteiger partial charge on any atom is -0.379 e. The van der Waals surface area contributed by atoms with Crippen molar-refractivity contribution < 1.29 is 4.74 Å². The van der Waals surface area contributed by atoms with Crippen molar-refractivity contribution in [2.75, 3.05) is 27.2 Å². The normalized spacial score (nSPS) is 14.0. The predicted octanol–water partition coefficient (Wildman–Crippen LogP) is 2.53. The highest BCUT2D eigenvalue weighted by molar-refractivity contribution is 7.11. The van der Waals surface area contributed by atoms with Crippen LogP contribution in [-0.2, 0) is 11.2 Å². The van der Waals surface area contributed by atoms with Gasteiger partial charge in [0.25, 0.3) is 0 Å².